The minimum absolute atomic E-state index is 0.135. The summed E-state index contributed by atoms with van der Waals surface area (Å²) >= 11 is 0. The highest BCUT2D eigenvalue weighted by molar-refractivity contribution is 5.69. The van der Waals surface area contributed by atoms with Crippen LogP contribution in [-0.2, 0) is 14.3 Å². The van der Waals surface area contributed by atoms with E-state index in [2.05, 4.69) is 15.1 Å². The molecule has 2 aromatic rings. The summed E-state index contributed by atoms with van der Waals surface area (Å²) in [5.41, 5.74) is -4.64. The Morgan fingerprint density at radius 1 is 0.846 bits per heavy atom. The second-order valence-corrected chi connectivity index (χ2v) is 9.94. The Morgan fingerprint density at radius 3 is 1.59 bits per heavy atom. The van der Waals surface area contributed by atoms with Gasteiger partial charge < -0.3 is 29.7 Å². The normalized spacial score (nSPS) is 34.1. The molecular weight excluding hydrogens is 518 g/mol. The van der Waals surface area contributed by atoms with Gasteiger partial charge in [0.15, 0.2) is 11.9 Å². The van der Waals surface area contributed by atoms with Gasteiger partial charge in [0.2, 0.25) is 0 Å². The van der Waals surface area contributed by atoms with Gasteiger partial charge in [0.1, 0.15) is 18.1 Å². The number of aromatic amines is 2. The molecule has 2 fully saturated rings. The van der Waals surface area contributed by atoms with Crippen LogP contribution in [0.15, 0.2) is 48.9 Å². The number of oxime groups is 1. The highest BCUT2D eigenvalue weighted by Crippen LogP contribution is 2.44. The molecule has 0 saturated carbocycles. The summed E-state index contributed by atoms with van der Waals surface area (Å²) in [6.45, 7) is 6.47. The molecule has 15 nitrogen and oxygen atoms in total. The van der Waals surface area contributed by atoms with E-state index in [1.807, 2.05) is 20.8 Å². The molecule has 2 aliphatic heterocycles. The first kappa shape index (κ1) is 29.9. The quantitative estimate of drug-likeness (QED) is 0.125. The molecule has 2 aromatic heterocycles. The van der Waals surface area contributed by atoms with Crippen LogP contribution in [0.1, 0.15) is 40.2 Å². The number of H-pyrrole nitrogens is 2. The van der Waals surface area contributed by atoms with Gasteiger partial charge in [-0.15, -0.1) is 0 Å². The maximum atomic E-state index is 11.8. The Morgan fingerprint density at radius 2 is 1.26 bits per heavy atom. The second-order valence-electron chi connectivity index (χ2n) is 9.94. The smallest absolute Gasteiger partial charge is 0.330 e. The Kier molecular flexibility index (Phi) is 8.90. The van der Waals surface area contributed by atoms with Gasteiger partial charge in [-0.05, 0) is 5.92 Å². The lowest BCUT2D eigenvalue weighted by atomic mass is 9.84. The number of hydrogen-bond acceptors (Lipinski definition) is 11. The molecule has 5 N–H and O–H groups in total. The summed E-state index contributed by atoms with van der Waals surface area (Å²) in [5.74, 6) is -0.740. The van der Waals surface area contributed by atoms with Crippen molar-refractivity contribution in [3.63, 3.8) is 0 Å². The van der Waals surface area contributed by atoms with Crippen molar-refractivity contribution >= 4 is 12.5 Å². The van der Waals surface area contributed by atoms with Crippen LogP contribution in [0.5, 0.6) is 0 Å². The van der Waals surface area contributed by atoms with Crippen molar-refractivity contribution < 1.29 is 29.7 Å². The predicted octanol–water partition coefficient (Wildman–Crippen LogP) is -1.20. The van der Waals surface area contributed by atoms with Crippen LogP contribution in [0.3, 0.4) is 0 Å². The van der Waals surface area contributed by atoms with Crippen LogP contribution in [-0.4, -0.2) is 71.4 Å². The van der Waals surface area contributed by atoms with Crippen LogP contribution in [0.25, 0.3) is 0 Å². The average Bonchev–Trinajstić information content (AvgIpc) is 3.30. The molecular formula is C24H33N5O10. The van der Waals surface area contributed by atoms with E-state index in [1.54, 1.807) is 6.92 Å². The molecule has 0 aromatic carbocycles. The van der Waals surface area contributed by atoms with E-state index in [0.29, 0.717) is 6.29 Å². The molecule has 0 spiro atoms. The van der Waals surface area contributed by atoms with E-state index in [1.165, 1.54) is 33.7 Å². The highest BCUT2D eigenvalue weighted by Gasteiger charge is 2.52. The number of carbonyl (C=O) groups is 1. The number of aldehydes is 1. The summed E-state index contributed by atoms with van der Waals surface area (Å²) in [5, 5.41) is 30.6. The molecule has 2 aliphatic rings. The van der Waals surface area contributed by atoms with E-state index in [-0.39, 0.29) is 30.3 Å². The van der Waals surface area contributed by atoms with Gasteiger partial charge in [-0.3, -0.25) is 28.7 Å². The number of ether oxygens (including phenoxy) is 2. The minimum atomic E-state index is -1.31. The Bertz CT molecular complexity index is 1430. The Hall–Kier alpha value is -3.66. The van der Waals surface area contributed by atoms with E-state index >= 15 is 0 Å². The summed E-state index contributed by atoms with van der Waals surface area (Å²) < 4.78 is 13.8. The molecule has 214 valence electrons. The summed E-state index contributed by atoms with van der Waals surface area (Å²) in [6.07, 6.45) is 3.01. The number of aliphatic hydroxyl groups excluding tert-OH is 2. The van der Waals surface area contributed by atoms with Crippen LogP contribution >= 0.6 is 0 Å². The first-order valence-electron chi connectivity index (χ1n) is 12.3. The first-order valence-corrected chi connectivity index (χ1v) is 12.3. The van der Waals surface area contributed by atoms with Crippen molar-refractivity contribution in [1.29, 1.82) is 0 Å². The molecule has 8 atom stereocenters. The topological polar surface area (TPSA) is 218 Å². The van der Waals surface area contributed by atoms with E-state index < -0.39 is 52.8 Å². The second kappa shape index (κ2) is 11.6. The maximum Gasteiger partial charge on any atom is 0.330 e. The van der Waals surface area contributed by atoms with Crippen LogP contribution in [0.2, 0.25) is 0 Å². The zero-order valence-corrected chi connectivity index (χ0v) is 21.9. The molecule has 0 radical (unpaired) electrons. The predicted molar refractivity (Wildman–Crippen MR) is 136 cm³/mol. The van der Waals surface area contributed by atoms with Gasteiger partial charge in [-0.2, -0.15) is 0 Å². The van der Waals surface area contributed by atoms with Gasteiger partial charge in [0.05, 0.1) is 19.4 Å². The van der Waals surface area contributed by atoms with Crippen LogP contribution in [0.4, 0.5) is 0 Å². The number of rotatable bonds is 6. The Balaban J connectivity index is 0.000000216. The van der Waals surface area contributed by atoms with Crippen LogP contribution < -0.4 is 22.5 Å². The van der Waals surface area contributed by atoms with Gasteiger partial charge in [0.25, 0.3) is 11.1 Å². The standard InChI is InChI=1S/C12H17N3O5.C12H16N2O5/c1-7-8(2)12(6-16,5-13-19)20-10(7)15-4-3-9(17)14-11(15)18;1-7-8(2)12(5-15,6-16)19-10(7)14-4-3-9(17)13-11(14)18/h3-5,7-8,10,16,19H,6H2,1-2H3,(H,14,17,18);3-5,7-8,10,16H,6H2,1-2H3,(H,13,17,18)/b13-5+;. The van der Waals surface area contributed by atoms with Crippen molar-refractivity contribution in [1.82, 2.24) is 19.1 Å². The average molecular weight is 552 g/mol. The monoisotopic (exact) mass is 551 g/mol. The van der Waals surface area contributed by atoms with E-state index in [0.717, 1.165) is 6.21 Å². The zero-order valence-electron chi connectivity index (χ0n) is 21.9. The summed E-state index contributed by atoms with van der Waals surface area (Å²) in [4.78, 5) is 61.2. The molecule has 0 aliphatic carbocycles. The summed E-state index contributed by atoms with van der Waals surface area (Å²) in [6, 6.07) is 2.43. The maximum absolute atomic E-state index is 11.8. The molecule has 0 bridgehead atoms. The van der Waals surface area contributed by atoms with Crippen molar-refractivity contribution in [3.8, 4) is 0 Å². The third kappa shape index (κ3) is 5.43. The summed E-state index contributed by atoms with van der Waals surface area (Å²) in [7, 11) is 0. The molecule has 4 heterocycles. The number of hydrogen-bond donors (Lipinski definition) is 5. The van der Waals surface area contributed by atoms with Gasteiger partial charge >= 0.3 is 11.4 Å². The molecule has 4 rings (SSSR count). The van der Waals surface area contributed by atoms with Gasteiger partial charge in [-0.1, -0.05) is 32.9 Å². The zero-order chi connectivity index (χ0) is 29.1. The molecule has 0 amide bonds. The van der Waals surface area contributed by atoms with Crippen molar-refractivity contribution in [2.24, 2.45) is 28.8 Å². The fraction of sp³-hybridized carbons (Fsp3) is 0.583. The molecule has 39 heavy (non-hydrogen) atoms. The first-order chi connectivity index (χ1) is 18.4. The largest absolute Gasteiger partial charge is 0.411 e. The van der Waals surface area contributed by atoms with E-state index in [4.69, 9.17) is 14.7 Å². The third-order valence-electron chi connectivity index (χ3n) is 7.92. The number of nitrogens with zero attached hydrogens (tertiary/aromatic N) is 3. The number of carbonyl (C=O) groups excluding carboxylic acids is 1. The highest BCUT2D eigenvalue weighted by atomic mass is 16.6. The van der Waals surface area contributed by atoms with Gasteiger partial charge in [-0.25, -0.2) is 9.59 Å². The fourth-order valence-corrected chi connectivity index (χ4v) is 4.96. The lowest BCUT2D eigenvalue weighted by molar-refractivity contribution is -0.145. The van der Waals surface area contributed by atoms with Gasteiger partial charge in [0, 0.05) is 42.3 Å². The minimum Gasteiger partial charge on any atom is -0.411 e. The van der Waals surface area contributed by atoms with Crippen molar-refractivity contribution in [2.45, 2.75) is 51.4 Å². The Labute approximate surface area is 221 Å². The van der Waals surface area contributed by atoms with Crippen LogP contribution in [0, 0.1) is 23.7 Å². The fourth-order valence-electron chi connectivity index (χ4n) is 4.96. The number of nitrogens with one attached hydrogen (secondary N) is 2. The van der Waals surface area contributed by atoms with Crippen molar-refractivity contribution in [3.05, 3.63) is 66.2 Å². The lowest BCUT2D eigenvalue weighted by Crippen LogP contribution is -2.41. The van der Waals surface area contributed by atoms with E-state index in [9.17, 15) is 34.2 Å². The number of aromatic nitrogens is 4. The number of aliphatic hydroxyl groups is 2. The molecule has 15 heteroatoms. The van der Waals surface area contributed by atoms with Crippen molar-refractivity contribution in [2.75, 3.05) is 13.2 Å². The molecule has 2 saturated heterocycles. The lowest BCUT2D eigenvalue weighted by Gasteiger charge is -2.26. The third-order valence-corrected chi connectivity index (χ3v) is 7.92. The SMILES string of the molecule is CC1C(n2ccc(=O)[nH]c2=O)OC(/C=N/O)(CO)C1C.CC1C(n2ccc(=O)[nH]c2=O)OC(C=O)(CO)C1C. The molecule has 8 unspecified atom stereocenters.